The Morgan fingerprint density at radius 1 is 1.19 bits per heavy atom. The molecule has 0 aliphatic rings. The number of benzene rings is 1. The highest BCUT2D eigenvalue weighted by atomic mass is 16.3. The lowest BCUT2D eigenvalue weighted by Crippen LogP contribution is -2.34. The molecule has 90 valence electrons. The van der Waals surface area contributed by atoms with Gasteiger partial charge in [0.05, 0.1) is 6.61 Å². The van der Waals surface area contributed by atoms with E-state index < -0.39 is 0 Å². The van der Waals surface area contributed by atoms with E-state index in [1.54, 1.807) is 0 Å². The Hall–Kier alpha value is -0.900. The fourth-order valence-electron chi connectivity index (χ4n) is 1.67. The Kier molecular flexibility index (Phi) is 5.46. The van der Waals surface area contributed by atoms with Crippen LogP contribution in [-0.2, 0) is 13.2 Å². The maximum atomic E-state index is 8.96. The topological polar surface area (TPSA) is 49.5 Å². The number of hydrogen-bond acceptors (Lipinski definition) is 3. The second kappa shape index (κ2) is 6.63. The van der Waals surface area contributed by atoms with Gasteiger partial charge in [0.2, 0.25) is 0 Å². The third-order valence-corrected chi connectivity index (χ3v) is 2.74. The molecule has 0 heterocycles. The van der Waals surface area contributed by atoms with Crippen LogP contribution in [0.15, 0.2) is 24.3 Å². The molecule has 0 fully saturated rings. The zero-order valence-electron chi connectivity index (χ0n) is 10.2. The molecule has 1 aromatic rings. The van der Waals surface area contributed by atoms with Crippen molar-refractivity contribution in [1.82, 2.24) is 4.90 Å². The quantitative estimate of drug-likeness (QED) is 0.764. The molecule has 3 N–H and O–H groups in total. The van der Waals surface area contributed by atoms with Crippen molar-refractivity contribution < 1.29 is 5.11 Å². The molecule has 0 amide bonds. The largest absolute Gasteiger partial charge is 0.392 e. The Morgan fingerprint density at radius 2 is 1.75 bits per heavy atom. The highest BCUT2D eigenvalue weighted by Gasteiger charge is 2.08. The van der Waals surface area contributed by atoms with Crippen LogP contribution in [0.3, 0.4) is 0 Å². The first-order valence-electron chi connectivity index (χ1n) is 5.80. The maximum absolute atomic E-state index is 8.96. The van der Waals surface area contributed by atoms with Crippen molar-refractivity contribution in [3.05, 3.63) is 35.4 Å². The third-order valence-electron chi connectivity index (χ3n) is 2.74. The number of rotatable bonds is 6. The zero-order chi connectivity index (χ0) is 12.0. The van der Waals surface area contributed by atoms with Crippen molar-refractivity contribution in [3.63, 3.8) is 0 Å². The van der Waals surface area contributed by atoms with E-state index in [9.17, 15) is 0 Å². The minimum atomic E-state index is 0.108. The van der Waals surface area contributed by atoms with E-state index in [-0.39, 0.29) is 6.61 Å². The number of nitrogens with two attached hydrogens (primary N) is 1. The summed E-state index contributed by atoms with van der Waals surface area (Å²) in [5, 5.41) is 8.96. The summed E-state index contributed by atoms with van der Waals surface area (Å²) < 4.78 is 0. The summed E-state index contributed by atoms with van der Waals surface area (Å²) in [6.45, 7) is 6.99. The van der Waals surface area contributed by atoms with Crippen LogP contribution < -0.4 is 5.73 Å². The van der Waals surface area contributed by atoms with Crippen LogP contribution in [0.2, 0.25) is 0 Å². The summed E-state index contributed by atoms with van der Waals surface area (Å²) in [6, 6.07) is 8.57. The summed E-state index contributed by atoms with van der Waals surface area (Å²) in [6.07, 6.45) is 0. The Bertz CT molecular complexity index is 295. The molecule has 3 heteroatoms. The second-order valence-electron chi connectivity index (χ2n) is 4.33. The van der Waals surface area contributed by atoms with Gasteiger partial charge in [0, 0.05) is 25.7 Å². The van der Waals surface area contributed by atoms with Gasteiger partial charge in [-0.15, -0.1) is 0 Å². The standard InChI is InChI=1S/C13H22N2O/c1-11(2)15(8-7-14)9-12-3-5-13(10-16)6-4-12/h3-6,11,16H,7-10,14H2,1-2H3. The molecule has 0 aliphatic heterocycles. The van der Waals surface area contributed by atoms with Gasteiger partial charge in [-0.05, 0) is 25.0 Å². The normalized spacial score (nSPS) is 11.4. The molecular formula is C13H22N2O. The summed E-state index contributed by atoms with van der Waals surface area (Å²) in [7, 11) is 0. The molecule has 3 nitrogen and oxygen atoms in total. The molecule has 0 bridgehead atoms. The van der Waals surface area contributed by atoms with E-state index in [1.807, 2.05) is 12.1 Å². The van der Waals surface area contributed by atoms with Gasteiger partial charge in [0.15, 0.2) is 0 Å². The van der Waals surface area contributed by atoms with E-state index >= 15 is 0 Å². The summed E-state index contributed by atoms with van der Waals surface area (Å²) in [5.74, 6) is 0. The van der Waals surface area contributed by atoms with E-state index in [1.165, 1.54) is 5.56 Å². The van der Waals surface area contributed by atoms with Gasteiger partial charge in [-0.1, -0.05) is 24.3 Å². The maximum Gasteiger partial charge on any atom is 0.0681 e. The minimum absolute atomic E-state index is 0.108. The predicted octanol–water partition coefficient (Wildman–Crippen LogP) is 1.35. The van der Waals surface area contributed by atoms with Crippen molar-refractivity contribution in [3.8, 4) is 0 Å². The van der Waals surface area contributed by atoms with Crippen molar-refractivity contribution in [1.29, 1.82) is 0 Å². The van der Waals surface area contributed by atoms with E-state index in [4.69, 9.17) is 10.8 Å². The van der Waals surface area contributed by atoms with E-state index in [0.717, 1.165) is 18.7 Å². The van der Waals surface area contributed by atoms with Gasteiger partial charge in [-0.25, -0.2) is 0 Å². The molecule has 0 unspecified atom stereocenters. The second-order valence-corrected chi connectivity index (χ2v) is 4.33. The molecule has 0 aliphatic carbocycles. The smallest absolute Gasteiger partial charge is 0.0681 e. The number of nitrogens with zero attached hydrogens (tertiary/aromatic N) is 1. The van der Waals surface area contributed by atoms with Gasteiger partial charge in [-0.3, -0.25) is 4.90 Å². The Morgan fingerprint density at radius 3 is 2.19 bits per heavy atom. The molecule has 0 radical (unpaired) electrons. The van der Waals surface area contributed by atoms with Crippen molar-refractivity contribution >= 4 is 0 Å². The Labute approximate surface area is 97.9 Å². The molecule has 0 saturated heterocycles. The fraction of sp³-hybridized carbons (Fsp3) is 0.538. The van der Waals surface area contributed by atoms with Crippen molar-refractivity contribution in [2.75, 3.05) is 13.1 Å². The lowest BCUT2D eigenvalue weighted by Gasteiger charge is -2.25. The number of aliphatic hydroxyl groups is 1. The van der Waals surface area contributed by atoms with Crippen molar-refractivity contribution in [2.24, 2.45) is 5.73 Å². The average molecular weight is 222 g/mol. The van der Waals surface area contributed by atoms with Gasteiger partial charge in [0.25, 0.3) is 0 Å². The zero-order valence-corrected chi connectivity index (χ0v) is 10.2. The van der Waals surface area contributed by atoms with Crippen LogP contribution in [0, 0.1) is 0 Å². The van der Waals surface area contributed by atoms with Crippen LogP contribution >= 0.6 is 0 Å². The highest BCUT2D eigenvalue weighted by Crippen LogP contribution is 2.09. The third kappa shape index (κ3) is 3.93. The SMILES string of the molecule is CC(C)N(CCN)Cc1ccc(CO)cc1. The molecule has 1 rings (SSSR count). The fourth-order valence-corrected chi connectivity index (χ4v) is 1.67. The van der Waals surface area contributed by atoms with Crippen LogP contribution in [0.25, 0.3) is 0 Å². The van der Waals surface area contributed by atoms with Crippen LogP contribution in [0.5, 0.6) is 0 Å². The first-order chi connectivity index (χ1) is 7.67. The monoisotopic (exact) mass is 222 g/mol. The highest BCUT2D eigenvalue weighted by molar-refractivity contribution is 5.21. The van der Waals surface area contributed by atoms with Gasteiger partial charge >= 0.3 is 0 Å². The molecule has 0 saturated carbocycles. The van der Waals surface area contributed by atoms with E-state index in [0.29, 0.717) is 12.6 Å². The summed E-state index contributed by atoms with van der Waals surface area (Å²) in [4.78, 5) is 2.34. The van der Waals surface area contributed by atoms with Gasteiger partial charge in [-0.2, -0.15) is 0 Å². The lowest BCUT2D eigenvalue weighted by atomic mass is 10.1. The average Bonchev–Trinajstić information content (AvgIpc) is 2.29. The van der Waals surface area contributed by atoms with Gasteiger partial charge in [0.1, 0.15) is 0 Å². The number of aliphatic hydroxyl groups excluding tert-OH is 1. The van der Waals surface area contributed by atoms with Crippen LogP contribution in [0.1, 0.15) is 25.0 Å². The van der Waals surface area contributed by atoms with Crippen LogP contribution in [-0.4, -0.2) is 29.1 Å². The lowest BCUT2D eigenvalue weighted by molar-refractivity contribution is 0.219. The molecular weight excluding hydrogens is 200 g/mol. The molecule has 0 aromatic heterocycles. The summed E-state index contributed by atoms with van der Waals surface area (Å²) in [5.41, 5.74) is 7.81. The predicted molar refractivity (Wildman–Crippen MR) is 67.0 cm³/mol. The molecule has 0 spiro atoms. The summed E-state index contributed by atoms with van der Waals surface area (Å²) >= 11 is 0. The molecule has 0 atom stereocenters. The molecule has 16 heavy (non-hydrogen) atoms. The first-order valence-corrected chi connectivity index (χ1v) is 5.80. The van der Waals surface area contributed by atoms with Crippen molar-refractivity contribution in [2.45, 2.75) is 33.0 Å². The van der Waals surface area contributed by atoms with E-state index in [2.05, 4.69) is 30.9 Å². The van der Waals surface area contributed by atoms with Gasteiger partial charge < -0.3 is 10.8 Å². The minimum Gasteiger partial charge on any atom is -0.392 e. The molecule has 1 aromatic carbocycles. The number of hydrogen-bond donors (Lipinski definition) is 2. The van der Waals surface area contributed by atoms with Crippen LogP contribution in [0.4, 0.5) is 0 Å². The first kappa shape index (κ1) is 13.2. The Balaban J connectivity index is 2.62.